The lowest BCUT2D eigenvalue weighted by molar-refractivity contribution is 0.174. The van der Waals surface area contributed by atoms with Crippen LogP contribution in [-0.4, -0.2) is 29.6 Å². The molecular formula is C12H12N4O3S. The van der Waals surface area contributed by atoms with Crippen LogP contribution in [0, 0.1) is 0 Å². The average Bonchev–Trinajstić information content (AvgIpc) is 3.09. The Morgan fingerprint density at radius 1 is 1.35 bits per heavy atom. The van der Waals surface area contributed by atoms with Gasteiger partial charge in [-0.15, -0.1) is 10.2 Å². The highest BCUT2D eigenvalue weighted by molar-refractivity contribution is 7.13. The molecule has 0 saturated carbocycles. The van der Waals surface area contributed by atoms with Gasteiger partial charge in [0.05, 0.1) is 0 Å². The number of rotatable bonds is 4. The SMILES string of the molecule is O=C(NCCc1ccc2c(c1)OCO2)Nc1nncs1. The zero-order valence-electron chi connectivity index (χ0n) is 10.5. The van der Waals surface area contributed by atoms with Crippen LogP contribution >= 0.6 is 11.3 Å². The first kappa shape index (κ1) is 12.7. The summed E-state index contributed by atoms with van der Waals surface area (Å²) in [7, 11) is 0. The Labute approximate surface area is 118 Å². The van der Waals surface area contributed by atoms with E-state index in [1.807, 2.05) is 18.2 Å². The van der Waals surface area contributed by atoms with Gasteiger partial charge in [0.2, 0.25) is 11.9 Å². The number of aromatic nitrogens is 2. The second-order valence-corrected chi connectivity index (χ2v) is 4.90. The minimum absolute atomic E-state index is 0.265. The standard InChI is InChI=1S/C12H12N4O3S/c17-11(15-12-16-14-6-20-12)13-4-3-8-1-2-9-10(5-8)19-7-18-9/h1-2,5-6H,3-4,7H2,(H2,13,15,16,17). The number of fused-ring (bicyclic) bond motifs is 1. The average molecular weight is 292 g/mol. The van der Waals surface area contributed by atoms with Crippen LogP contribution < -0.4 is 20.1 Å². The fourth-order valence-corrected chi connectivity index (χ4v) is 2.23. The van der Waals surface area contributed by atoms with Gasteiger partial charge in [-0.1, -0.05) is 17.4 Å². The summed E-state index contributed by atoms with van der Waals surface area (Å²) in [5, 5.41) is 13.2. The largest absolute Gasteiger partial charge is 0.454 e. The molecule has 1 aromatic carbocycles. The van der Waals surface area contributed by atoms with Crippen LogP contribution in [0.5, 0.6) is 11.5 Å². The molecule has 0 radical (unpaired) electrons. The highest BCUT2D eigenvalue weighted by Gasteiger charge is 2.13. The molecule has 2 amide bonds. The monoisotopic (exact) mass is 292 g/mol. The topological polar surface area (TPSA) is 85.4 Å². The summed E-state index contributed by atoms with van der Waals surface area (Å²) in [5.41, 5.74) is 2.63. The molecule has 1 aliphatic rings. The number of hydrogen-bond donors (Lipinski definition) is 2. The van der Waals surface area contributed by atoms with Gasteiger partial charge < -0.3 is 14.8 Å². The predicted molar refractivity (Wildman–Crippen MR) is 73.2 cm³/mol. The van der Waals surface area contributed by atoms with Crippen molar-refractivity contribution in [2.75, 3.05) is 18.7 Å². The Morgan fingerprint density at radius 3 is 3.10 bits per heavy atom. The van der Waals surface area contributed by atoms with Crippen LogP contribution in [0.3, 0.4) is 0 Å². The number of nitrogens with one attached hydrogen (secondary N) is 2. The van der Waals surface area contributed by atoms with Gasteiger partial charge in [-0.2, -0.15) is 0 Å². The Bertz CT molecular complexity index is 603. The normalized spacial score (nSPS) is 12.2. The number of benzene rings is 1. The molecule has 2 N–H and O–H groups in total. The third-order valence-electron chi connectivity index (χ3n) is 2.72. The van der Waals surface area contributed by atoms with Gasteiger partial charge in [-0.3, -0.25) is 5.32 Å². The molecule has 3 rings (SSSR count). The Balaban J connectivity index is 1.46. The third kappa shape index (κ3) is 2.97. The molecule has 1 aromatic heterocycles. The Hall–Kier alpha value is -2.35. The first-order valence-corrected chi connectivity index (χ1v) is 6.89. The van der Waals surface area contributed by atoms with E-state index in [4.69, 9.17) is 9.47 Å². The van der Waals surface area contributed by atoms with Gasteiger partial charge in [0.15, 0.2) is 11.5 Å². The number of amides is 2. The summed E-state index contributed by atoms with van der Waals surface area (Å²) in [4.78, 5) is 11.6. The molecule has 0 bridgehead atoms. The van der Waals surface area contributed by atoms with Crippen molar-refractivity contribution in [1.29, 1.82) is 0 Å². The van der Waals surface area contributed by atoms with Crippen molar-refractivity contribution >= 4 is 22.5 Å². The molecule has 1 aliphatic heterocycles. The molecule has 104 valence electrons. The quantitative estimate of drug-likeness (QED) is 0.894. The van der Waals surface area contributed by atoms with Crippen molar-refractivity contribution in [3.05, 3.63) is 29.3 Å². The van der Waals surface area contributed by atoms with E-state index in [1.165, 1.54) is 11.3 Å². The van der Waals surface area contributed by atoms with Crippen molar-refractivity contribution in [2.45, 2.75) is 6.42 Å². The Kier molecular flexibility index (Phi) is 3.64. The van der Waals surface area contributed by atoms with Crippen LogP contribution in [0.1, 0.15) is 5.56 Å². The maximum Gasteiger partial charge on any atom is 0.321 e. The molecule has 0 saturated heterocycles. The van der Waals surface area contributed by atoms with Crippen LogP contribution in [0.2, 0.25) is 0 Å². The van der Waals surface area contributed by atoms with Gasteiger partial charge in [0.25, 0.3) is 0 Å². The van der Waals surface area contributed by atoms with E-state index >= 15 is 0 Å². The minimum atomic E-state index is -0.289. The second-order valence-electron chi connectivity index (χ2n) is 4.06. The number of urea groups is 1. The molecule has 2 aromatic rings. The molecule has 20 heavy (non-hydrogen) atoms. The van der Waals surface area contributed by atoms with Gasteiger partial charge in [-0.05, 0) is 24.1 Å². The van der Waals surface area contributed by atoms with Crippen LogP contribution in [0.4, 0.5) is 9.93 Å². The van der Waals surface area contributed by atoms with Crippen molar-refractivity contribution in [1.82, 2.24) is 15.5 Å². The van der Waals surface area contributed by atoms with Crippen molar-refractivity contribution in [3.63, 3.8) is 0 Å². The number of carbonyl (C=O) groups is 1. The fourth-order valence-electron chi connectivity index (χ4n) is 1.79. The number of ether oxygens (including phenoxy) is 2. The molecule has 7 nitrogen and oxygen atoms in total. The van der Waals surface area contributed by atoms with Crippen molar-refractivity contribution in [2.24, 2.45) is 0 Å². The highest BCUT2D eigenvalue weighted by atomic mass is 32.1. The van der Waals surface area contributed by atoms with Crippen molar-refractivity contribution < 1.29 is 14.3 Å². The van der Waals surface area contributed by atoms with E-state index in [0.717, 1.165) is 17.1 Å². The summed E-state index contributed by atoms with van der Waals surface area (Å²) >= 11 is 1.27. The smallest absolute Gasteiger partial charge is 0.321 e. The van der Waals surface area contributed by atoms with Gasteiger partial charge in [-0.25, -0.2) is 4.79 Å². The van der Waals surface area contributed by atoms with Gasteiger partial charge >= 0.3 is 6.03 Å². The Morgan fingerprint density at radius 2 is 2.25 bits per heavy atom. The first-order valence-electron chi connectivity index (χ1n) is 6.01. The van der Waals surface area contributed by atoms with Crippen LogP contribution in [-0.2, 0) is 6.42 Å². The van der Waals surface area contributed by atoms with E-state index in [-0.39, 0.29) is 12.8 Å². The molecule has 2 heterocycles. The number of nitrogens with zero attached hydrogens (tertiary/aromatic N) is 2. The van der Waals surface area contributed by atoms with Crippen LogP contribution in [0.15, 0.2) is 23.7 Å². The van der Waals surface area contributed by atoms with E-state index in [9.17, 15) is 4.79 Å². The van der Waals surface area contributed by atoms with Gasteiger partial charge in [0, 0.05) is 6.54 Å². The third-order valence-corrected chi connectivity index (χ3v) is 3.32. The predicted octanol–water partition coefficient (Wildman–Crippen LogP) is 1.63. The van der Waals surface area contributed by atoms with E-state index < -0.39 is 0 Å². The lowest BCUT2D eigenvalue weighted by Gasteiger charge is -2.06. The fraction of sp³-hybridized carbons (Fsp3) is 0.250. The summed E-state index contributed by atoms with van der Waals surface area (Å²) in [6.45, 7) is 0.783. The van der Waals surface area contributed by atoms with Gasteiger partial charge in [0.1, 0.15) is 5.51 Å². The molecule has 0 atom stereocenters. The lowest BCUT2D eigenvalue weighted by Crippen LogP contribution is -2.30. The minimum Gasteiger partial charge on any atom is -0.454 e. The molecule has 0 fully saturated rings. The maximum atomic E-state index is 11.6. The number of carbonyl (C=O) groups excluding carboxylic acids is 1. The molecule has 0 unspecified atom stereocenters. The molecule has 0 spiro atoms. The molecule has 8 heteroatoms. The van der Waals surface area contributed by atoms with Crippen LogP contribution in [0.25, 0.3) is 0 Å². The maximum absolute atomic E-state index is 11.6. The first-order chi connectivity index (χ1) is 9.81. The summed E-state index contributed by atoms with van der Waals surface area (Å²) in [6.07, 6.45) is 0.709. The van der Waals surface area contributed by atoms with Crippen molar-refractivity contribution in [3.8, 4) is 11.5 Å². The summed E-state index contributed by atoms with van der Waals surface area (Å²) in [5.74, 6) is 1.51. The van der Waals surface area contributed by atoms with E-state index in [0.29, 0.717) is 18.1 Å². The summed E-state index contributed by atoms with van der Waals surface area (Å²) < 4.78 is 10.5. The molecule has 0 aliphatic carbocycles. The lowest BCUT2D eigenvalue weighted by atomic mass is 10.1. The highest BCUT2D eigenvalue weighted by Crippen LogP contribution is 2.32. The zero-order chi connectivity index (χ0) is 13.8. The summed E-state index contributed by atoms with van der Waals surface area (Å²) in [6, 6.07) is 5.46. The van der Waals surface area contributed by atoms with E-state index in [2.05, 4.69) is 20.8 Å². The zero-order valence-corrected chi connectivity index (χ0v) is 11.3. The number of anilines is 1. The number of hydrogen-bond acceptors (Lipinski definition) is 6. The van der Waals surface area contributed by atoms with E-state index in [1.54, 1.807) is 5.51 Å². The second kappa shape index (κ2) is 5.74. The molecular weight excluding hydrogens is 280 g/mol.